The highest BCUT2D eigenvalue weighted by molar-refractivity contribution is 7.86. The summed E-state index contributed by atoms with van der Waals surface area (Å²) in [5.74, 6) is -1.07. The number of amides is 1. The molecule has 0 heterocycles. The highest BCUT2D eigenvalue weighted by Gasteiger charge is 2.10. The SMILES string of the molecule is C=CC(=O)NOS(=O)(=O)CCN. The molecule has 0 spiro atoms. The van der Waals surface area contributed by atoms with Crippen molar-refractivity contribution in [2.45, 2.75) is 0 Å². The summed E-state index contributed by atoms with van der Waals surface area (Å²) >= 11 is 0. The van der Waals surface area contributed by atoms with Gasteiger partial charge in [0.25, 0.3) is 16.0 Å². The highest BCUT2D eigenvalue weighted by atomic mass is 32.2. The van der Waals surface area contributed by atoms with Gasteiger partial charge >= 0.3 is 0 Å². The Bertz CT molecular complexity index is 259. The van der Waals surface area contributed by atoms with Crippen LogP contribution in [0.25, 0.3) is 0 Å². The Morgan fingerprint density at radius 1 is 1.67 bits per heavy atom. The first-order chi connectivity index (χ1) is 5.52. The van der Waals surface area contributed by atoms with Gasteiger partial charge < -0.3 is 5.73 Å². The molecule has 0 saturated carbocycles. The second-order valence-electron chi connectivity index (χ2n) is 1.80. The van der Waals surface area contributed by atoms with Crippen molar-refractivity contribution < 1.29 is 17.5 Å². The molecule has 0 saturated heterocycles. The number of nitrogens with two attached hydrogens (primary N) is 1. The zero-order valence-corrected chi connectivity index (χ0v) is 7.13. The molecular weight excluding hydrogens is 184 g/mol. The molecule has 1 amide bonds. The lowest BCUT2D eigenvalue weighted by atomic mass is 10.6. The van der Waals surface area contributed by atoms with Crippen LogP contribution in [0.3, 0.4) is 0 Å². The molecule has 0 aliphatic carbocycles. The zero-order chi connectivity index (χ0) is 9.61. The van der Waals surface area contributed by atoms with Gasteiger partial charge in [-0.1, -0.05) is 6.58 Å². The quantitative estimate of drug-likeness (QED) is 0.410. The minimum Gasteiger partial charge on any atom is -0.329 e. The monoisotopic (exact) mass is 194 g/mol. The lowest BCUT2D eigenvalue weighted by Gasteiger charge is -2.01. The van der Waals surface area contributed by atoms with E-state index in [4.69, 9.17) is 5.73 Å². The van der Waals surface area contributed by atoms with Gasteiger partial charge in [0.05, 0.1) is 5.75 Å². The lowest BCUT2D eigenvalue weighted by molar-refractivity contribution is -0.122. The Hall–Kier alpha value is -0.920. The van der Waals surface area contributed by atoms with Gasteiger partial charge in [-0.2, -0.15) is 8.42 Å². The van der Waals surface area contributed by atoms with E-state index in [9.17, 15) is 13.2 Å². The van der Waals surface area contributed by atoms with Gasteiger partial charge in [-0.15, -0.1) is 4.28 Å². The summed E-state index contributed by atoms with van der Waals surface area (Å²) in [5, 5.41) is 0. The van der Waals surface area contributed by atoms with Crippen LogP contribution in [-0.4, -0.2) is 26.6 Å². The van der Waals surface area contributed by atoms with Gasteiger partial charge in [0.15, 0.2) is 0 Å². The standard InChI is InChI=1S/C5H10N2O4S/c1-2-5(8)7-11-12(9,10)4-3-6/h2H,1,3-4,6H2,(H,7,8). The molecule has 0 rings (SSSR count). The third-order valence-electron chi connectivity index (χ3n) is 0.822. The number of nitrogens with one attached hydrogen (secondary N) is 1. The summed E-state index contributed by atoms with van der Waals surface area (Å²) in [7, 11) is -3.74. The predicted octanol–water partition coefficient (Wildman–Crippen LogP) is -1.49. The van der Waals surface area contributed by atoms with Crippen LogP contribution in [0.5, 0.6) is 0 Å². The molecule has 12 heavy (non-hydrogen) atoms. The van der Waals surface area contributed by atoms with Crippen LogP contribution in [0.2, 0.25) is 0 Å². The van der Waals surface area contributed by atoms with Crippen molar-refractivity contribution >= 4 is 16.0 Å². The van der Waals surface area contributed by atoms with Crippen LogP contribution in [0, 0.1) is 0 Å². The average molecular weight is 194 g/mol. The number of hydroxylamine groups is 1. The fourth-order valence-electron chi connectivity index (χ4n) is 0.332. The fourth-order valence-corrected chi connectivity index (χ4v) is 0.913. The topological polar surface area (TPSA) is 98.5 Å². The minimum absolute atomic E-state index is 0.0632. The van der Waals surface area contributed by atoms with Crippen LogP contribution in [0.1, 0.15) is 0 Å². The molecular formula is C5H10N2O4S. The zero-order valence-electron chi connectivity index (χ0n) is 6.32. The van der Waals surface area contributed by atoms with E-state index in [0.29, 0.717) is 0 Å². The summed E-state index contributed by atoms with van der Waals surface area (Å²) in [4.78, 5) is 10.4. The molecule has 0 atom stereocenters. The van der Waals surface area contributed by atoms with Gasteiger partial charge in [0.2, 0.25) is 0 Å². The molecule has 0 radical (unpaired) electrons. The van der Waals surface area contributed by atoms with Gasteiger partial charge in [-0.25, -0.2) is 5.48 Å². The maximum absolute atomic E-state index is 10.7. The lowest BCUT2D eigenvalue weighted by Crippen LogP contribution is -2.28. The van der Waals surface area contributed by atoms with E-state index in [-0.39, 0.29) is 12.3 Å². The van der Waals surface area contributed by atoms with Gasteiger partial charge in [0.1, 0.15) is 0 Å². The van der Waals surface area contributed by atoms with Crippen LogP contribution >= 0.6 is 0 Å². The molecule has 0 bridgehead atoms. The summed E-state index contributed by atoms with van der Waals surface area (Å²) in [6.07, 6.45) is 0.887. The molecule has 3 N–H and O–H groups in total. The van der Waals surface area contributed by atoms with Crippen LogP contribution in [0.15, 0.2) is 12.7 Å². The molecule has 0 aromatic heterocycles. The van der Waals surface area contributed by atoms with E-state index < -0.39 is 16.0 Å². The summed E-state index contributed by atoms with van der Waals surface area (Å²) < 4.78 is 25.4. The Labute approximate surface area is 70.5 Å². The first kappa shape index (κ1) is 11.1. The molecule has 0 aromatic rings. The Morgan fingerprint density at radius 3 is 2.67 bits per heavy atom. The normalized spacial score (nSPS) is 10.8. The van der Waals surface area contributed by atoms with Gasteiger partial charge in [0, 0.05) is 6.54 Å². The van der Waals surface area contributed by atoms with Crippen molar-refractivity contribution in [2.24, 2.45) is 5.73 Å². The largest absolute Gasteiger partial charge is 0.329 e. The second-order valence-corrected chi connectivity index (χ2v) is 3.49. The van der Waals surface area contributed by atoms with E-state index in [1.54, 1.807) is 5.48 Å². The van der Waals surface area contributed by atoms with Crippen LogP contribution in [0.4, 0.5) is 0 Å². The molecule has 7 heteroatoms. The molecule has 6 nitrogen and oxygen atoms in total. The number of hydrogen-bond donors (Lipinski definition) is 2. The van der Waals surface area contributed by atoms with Crippen molar-refractivity contribution in [3.63, 3.8) is 0 Å². The van der Waals surface area contributed by atoms with Crippen molar-refractivity contribution in [2.75, 3.05) is 12.3 Å². The Balaban J connectivity index is 3.92. The summed E-state index contributed by atoms with van der Waals surface area (Å²) in [6, 6.07) is 0. The van der Waals surface area contributed by atoms with Crippen molar-refractivity contribution in [3.05, 3.63) is 12.7 Å². The first-order valence-corrected chi connectivity index (χ1v) is 4.63. The number of carbonyl (C=O) groups excluding carboxylic acids is 1. The Morgan fingerprint density at radius 2 is 2.25 bits per heavy atom. The molecule has 0 aliphatic heterocycles. The van der Waals surface area contributed by atoms with Crippen molar-refractivity contribution in [1.82, 2.24) is 5.48 Å². The van der Waals surface area contributed by atoms with E-state index in [2.05, 4.69) is 10.9 Å². The predicted molar refractivity (Wildman–Crippen MR) is 42.3 cm³/mol. The number of hydrogen-bond acceptors (Lipinski definition) is 5. The van der Waals surface area contributed by atoms with Crippen LogP contribution in [-0.2, 0) is 19.2 Å². The molecule has 0 aliphatic rings. The highest BCUT2D eigenvalue weighted by Crippen LogP contribution is 1.87. The van der Waals surface area contributed by atoms with Gasteiger partial charge in [-0.05, 0) is 6.08 Å². The van der Waals surface area contributed by atoms with E-state index in [1.807, 2.05) is 0 Å². The Kier molecular flexibility index (Phi) is 4.49. The molecule has 70 valence electrons. The third kappa shape index (κ3) is 4.83. The third-order valence-corrected chi connectivity index (χ3v) is 1.90. The molecule has 0 unspecified atom stereocenters. The molecule has 0 aromatic carbocycles. The fraction of sp³-hybridized carbons (Fsp3) is 0.400. The van der Waals surface area contributed by atoms with Crippen molar-refractivity contribution in [1.29, 1.82) is 0 Å². The van der Waals surface area contributed by atoms with Crippen LogP contribution < -0.4 is 11.2 Å². The van der Waals surface area contributed by atoms with E-state index >= 15 is 0 Å². The summed E-state index contributed by atoms with van der Waals surface area (Å²) in [5.41, 5.74) is 6.62. The average Bonchev–Trinajstić information content (AvgIpc) is 2.00. The first-order valence-electron chi connectivity index (χ1n) is 3.05. The molecule has 0 fully saturated rings. The minimum atomic E-state index is -3.74. The van der Waals surface area contributed by atoms with E-state index in [0.717, 1.165) is 6.08 Å². The van der Waals surface area contributed by atoms with E-state index in [1.165, 1.54) is 0 Å². The number of rotatable bonds is 5. The van der Waals surface area contributed by atoms with Gasteiger partial charge in [-0.3, -0.25) is 4.79 Å². The second kappa shape index (κ2) is 4.86. The maximum atomic E-state index is 10.7. The smallest absolute Gasteiger partial charge is 0.289 e. The summed E-state index contributed by atoms with van der Waals surface area (Å²) in [6.45, 7) is 3.03. The number of carbonyl (C=O) groups is 1. The van der Waals surface area contributed by atoms with Crippen molar-refractivity contribution in [3.8, 4) is 0 Å². The maximum Gasteiger partial charge on any atom is 0.289 e.